The second kappa shape index (κ2) is 10.7. The molecule has 1 aliphatic carbocycles. The number of anilines is 3. The average Bonchev–Trinajstić information content (AvgIpc) is 3.66. The zero-order valence-corrected chi connectivity index (χ0v) is 28.3. The van der Waals surface area contributed by atoms with Crippen LogP contribution in [0.4, 0.5) is 17.1 Å². The van der Waals surface area contributed by atoms with E-state index in [4.69, 9.17) is 0 Å². The van der Waals surface area contributed by atoms with Crippen molar-refractivity contribution in [3.63, 3.8) is 0 Å². The Morgan fingerprint density at radius 1 is 0.429 bits per heavy atom. The van der Waals surface area contributed by atoms with Crippen molar-refractivity contribution in [2.45, 2.75) is 19.3 Å². The number of benzene rings is 8. The first-order valence-corrected chi connectivity index (χ1v) is 17.8. The fourth-order valence-electron chi connectivity index (χ4n) is 8.28. The molecule has 0 amide bonds. The molecule has 2 heteroatoms. The molecule has 1 nitrogen and oxygen atoms in total. The van der Waals surface area contributed by atoms with Gasteiger partial charge in [-0.05, 0) is 79.9 Å². The van der Waals surface area contributed by atoms with Gasteiger partial charge in [0.05, 0.1) is 10.4 Å². The average molecular weight is 644 g/mol. The van der Waals surface area contributed by atoms with Gasteiger partial charge in [-0.15, -0.1) is 11.3 Å². The Morgan fingerprint density at radius 2 is 1.02 bits per heavy atom. The first kappa shape index (κ1) is 28.3. The van der Waals surface area contributed by atoms with Gasteiger partial charge in [-0.2, -0.15) is 0 Å². The van der Waals surface area contributed by atoms with E-state index in [1.807, 2.05) is 11.3 Å². The summed E-state index contributed by atoms with van der Waals surface area (Å²) in [6.07, 6.45) is 0. The molecule has 0 N–H and O–H groups in total. The molecule has 10 rings (SSSR count). The lowest BCUT2D eigenvalue weighted by atomic mass is 9.82. The smallest absolute Gasteiger partial charge is 0.0640 e. The normalized spacial score (nSPS) is 13.3. The Bertz CT molecular complexity index is 2730. The lowest BCUT2D eigenvalue weighted by Crippen LogP contribution is -2.16. The molecule has 1 aromatic heterocycles. The lowest BCUT2D eigenvalue weighted by Gasteiger charge is -2.28. The van der Waals surface area contributed by atoms with Crippen LogP contribution in [0.2, 0.25) is 0 Å². The van der Waals surface area contributed by atoms with Gasteiger partial charge in [0.15, 0.2) is 0 Å². The number of thiophene rings is 1. The van der Waals surface area contributed by atoms with Gasteiger partial charge in [0.2, 0.25) is 0 Å². The highest BCUT2D eigenvalue weighted by Gasteiger charge is 2.36. The van der Waals surface area contributed by atoms with Gasteiger partial charge in [0.1, 0.15) is 0 Å². The highest BCUT2D eigenvalue weighted by molar-refractivity contribution is 7.27. The summed E-state index contributed by atoms with van der Waals surface area (Å²) >= 11 is 1.92. The molecule has 0 saturated heterocycles. The largest absolute Gasteiger partial charge is 0.309 e. The fraction of sp³-hybridized carbons (Fsp3) is 0.0638. The quantitative estimate of drug-likeness (QED) is 0.173. The maximum absolute atomic E-state index is 2.48. The van der Waals surface area contributed by atoms with E-state index in [0.717, 1.165) is 5.69 Å². The molecule has 0 bridgehead atoms. The van der Waals surface area contributed by atoms with Crippen LogP contribution >= 0.6 is 11.3 Å². The molecule has 0 spiro atoms. The molecule has 49 heavy (non-hydrogen) atoms. The molecule has 0 atom stereocenters. The molecule has 0 fully saturated rings. The Morgan fingerprint density at radius 3 is 1.82 bits per heavy atom. The van der Waals surface area contributed by atoms with Crippen molar-refractivity contribution in [1.29, 1.82) is 0 Å². The standard InChI is InChI=1S/C47H33NS/c1-47(2)41-21-11-10-17-36(41)37-28-27-33(29-42(37)47)48(32-25-23-31(24-26-32)30-13-4-3-5-14-30)43-22-12-20-40-44-38-18-8-6-15-34(38)35-16-7-9-19-39(35)46(44)49-45(40)43/h3-29H,1-2H3. The lowest BCUT2D eigenvalue weighted by molar-refractivity contribution is 0.660. The van der Waals surface area contributed by atoms with Crippen molar-refractivity contribution in [1.82, 2.24) is 0 Å². The Hall–Kier alpha value is -5.70. The van der Waals surface area contributed by atoms with E-state index in [1.165, 1.54) is 86.5 Å². The maximum atomic E-state index is 2.48. The summed E-state index contributed by atoms with van der Waals surface area (Å²) in [7, 11) is 0. The first-order chi connectivity index (χ1) is 24.1. The topological polar surface area (TPSA) is 3.24 Å². The molecule has 0 unspecified atom stereocenters. The molecule has 0 saturated carbocycles. The molecule has 0 aliphatic heterocycles. The van der Waals surface area contributed by atoms with Crippen molar-refractivity contribution in [3.05, 3.63) is 175 Å². The Kier molecular flexibility index (Phi) is 6.16. The second-order valence-corrected chi connectivity index (χ2v) is 14.7. The fourth-order valence-corrected chi connectivity index (χ4v) is 9.64. The van der Waals surface area contributed by atoms with E-state index in [1.54, 1.807) is 0 Å². The zero-order chi connectivity index (χ0) is 32.7. The highest BCUT2D eigenvalue weighted by Crippen LogP contribution is 2.52. The minimum absolute atomic E-state index is 0.0910. The number of rotatable bonds is 4. The van der Waals surface area contributed by atoms with Crippen molar-refractivity contribution in [2.24, 2.45) is 0 Å². The number of nitrogens with zero attached hydrogens (tertiary/aromatic N) is 1. The SMILES string of the molecule is CC1(C)c2ccccc2-c2ccc(N(c3ccc(-c4ccccc4)cc3)c3cccc4c3sc3c5ccccc5c5ccccc5c43)cc21. The minimum atomic E-state index is -0.0910. The predicted molar refractivity (Wildman–Crippen MR) is 212 cm³/mol. The van der Waals surface area contributed by atoms with Crippen molar-refractivity contribution < 1.29 is 0 Å². The van der Waals surface area contributed by atoms with Crippen molar-refractivity contribution >= 4 is 70.1 Å². The van der Waals surface area contributed by atoms with E-state index in [-0.39, 0.29) is 5.41 Å². The molecule has 1 heterocycles. The Labute approximate surface area is 290 Å². The van der Waals surface area contributed by atoms with Gasteiger partial charge < -0.3 is 4.90 Å². The third kappa shape index (κ3) is 4.17. The third-order valence-corrected chi connectivity index (χ3v) is 11.9. The number of hydrogen-bond donors (Lipinski definition) is 0. The summed E-state index contributed by atoms with van der Waals surface area (Å²) in [5.41, 5.74) is 11.3. The molecule has 0 radical (unpaired) electrons. The van der Waals surface area contributed by atoms with Gasteiger partial charge in [0.25, 0.3) is 0 Å². The predicted octanol–water partition coefficient (Wildman–Crippen LogP) is 13.8. The van der Waals surface area contributed by atoms with Crippen LogP contribution in [0.5, 0.6) is 0 Å². The second-order valence-electron chi connectivity index (χ2n) is 13.7. The minimum Gasteiger partial charge on any atom is -0.309 e. The summed E-state index contributed by atoms with van der Waals surface area (Å²) in [4.78, 5) is 2.48. The summed E-state index contributed by atoms with van der Waals surface area (Å²) in [6, 6.07) is 60.4. The molecule has 1 aliphatic rings. The van der Waals surface area contributed by atoms with Crippen LogP contribution in [-0.2, 0) is 5.41 Å². The van der Waals surface area contributed by atoms with Crippen LogP contribution in [0, 0.1) is 0 Å². The Balaban J connectivity index is 1.24. The van der Waals surface area contributed by atoms with E-state index in [2.05, 4.69) is 183 Å². The molecular weight excluding hydrogens is 611 g/mol. The van der Waals surface area contributed by atoms with Crippen LogP contribution in [0.3, 0.4) is 0 Å². The van der Waals surface area contributed by atoms with E-state index in [0.29, 0.717) is 0 Å². The highest BCUT2D eigenvalue weighted by atomic mass is 32.1. The number of hydrogen-bond acceptors (Lipinski definition) is 2. The maximum Gasteiger partial charge on any atom is 0.0640 e. The molecule has 8 aromatic carbocycles. The van der Waals surface area contributed by atoms with Crippen molar-refractivity contribution in [2.75, 3.05) is 4.90 Å². The van der Waals surface area contributed by atoms with Crippen LogP contribution in [0.1, 0.15) is 25.0 Å². The zero-order valence-electron chi connectivity index (χ0n) is 27.4. The summed E-state index contributed by atoms with van der Waals surface area (Å²) in [6.45, 7) is 4.73. The van der Waals surface area contributed by atoms with Crippen LogP contribution < -0.4 is 4.90 Å². The van der Waals surface area contributed by atoms with Crippen molar-refractivity contribution in [3.8, 4) is 22.3 Å². The molecule has 232 valence electrons. The van der Waals surface area contributed by atoms with Crippen LogP contribution in [0.25, 0.3) is 64.0 Å². The summed E-state index contributed by atoms with van der Waals surface area (Å²) in [5.74, 6) is 0. The van der Waals surface area contributed by atoms with E-state index >= 15 is 0 Å². The number of fused-ring (bicyclic) bond motifs is 11. The summed E-state index contributed by atoms with van der Waals surface area (Å²) < 4.78 is 2.65. The summed E-state index contributed by atoms with van der Waals surface area (Å²) in [5, 5.41) is 7.91. The molecular formula is C47H33NS. The van der Waals surface area contributed by atoms with Crippen LogP contribution in [-0.4, -0.2) is 0 Å². The van der Waals surface area contributed by atoms with Gasteiger partial charge >= 0.3 is 0 Å². The van der Waals surface area contributed by atoms with Crippen LogP contribution in [0.15, 0.2) is 164 Å². The van der Waals surface area contributed by atoms with E-state index in [9.17, 15) is 0 Å². The monoisotopic (exact) mass is 643 g/mol. The van der Waals surface area contributed by atoms with Gasteiger partial charge in [0, 0.05) is 37.6 Å². The molecule has 9 aromatic rings. The van der Waals surface area contributed by atoms with Gasteiger partial charge in [-0.25, -0.2) is 0 Å². The van der Waals surface area contributed by atoms with Gasteiger partial charge in [-0.1, -0.05) is 147 Å². The first-order valence-electron chi connectivity index (χ1n) is 17.0. The van der Waals surface area contributed by atoms with E-state index < -0.39 is 0 Å². The van der Waals surface area contributed by atoms with Gasteiger partial charge in [-0.3, -0.25) is 0 Å². The third-order valence-electron chi connectivity index (χ3n) is 10.7.